The Labute approximate surface area is 166 Å². The molecule has 6 nitrogen and oxygen atoms in total. The van der Waals surface area contributed by atoms with E-state index in [1.165, 1.54) is 24.8 Å². The van der Waals surface area contributed by atoms with Crippen LogP contribution in [0.4, 0.5) is 10.6 Å². The summed E-state index contributed by atoms with van der Waals surface area (Å²) in [6, 6.07) is 2.36. The highest BCUT2D eigenvalue weighted by molar-refractivity contribution is 6.29. The highest BCUT2D eigenvalue weighted by atomic mass is 35.5. The number of amides is 1. The molecule has 3 fully saturated rings. The number of rotatable bonds is 3. The summed E-state index contributed by atoms with van der Waals surface area (Å²) < 4.78 is 5.52. The Balaban J connectivity index is 1.35. The van der Waals surface area contributed by atoms with E-state index in [2.05, 4.69) is 15.5 Å². The van der Waals surface area contributed by atoms with Crippen molar-refractivity contribution in [2.45, 2.75) is 70.4 Å². The van der Waals surface area contributed by atoms with Crippen molar-refractivity contribution in [3.05, 3.63) is 16.8 Å². The van der Waals surface area contributed by atoms with Crippen LogP contribution in [0.15, 0.2) is 6.07 Å². The first kappa shape index (κ1) is 18.8. The van der Waals surface area contributed by atoms with E-state index in [0.29, 0.717) is 28.9 Å². The number of likely N-dealkylation sites (tertiary alicyclic amines) is 1. The van der Waals surface area contributed by atoms with Gasteiger partial charge in [-0.05, 0) is 70.3 Å². The van der Waals surface area contributed by atoms with Gasteiger partial charge >= 0.3 is 6.09 Å². The molecule has 7 heteroatoms. The number of hydrogen-bond donors (Lipinski definition) is 1. The van der Waals surface area contributed by atoms with Crippen LogP contribution in [0.2, 0.25) is 5.15 Å². The number of fused-ring (bicyclic) bond motifs is 1. The highest BCUT2D eigenvalue weighted by Gasteiger charge is 2.43. The molecule has 2 saturated carbocycles. The zero-order valence-corrected chi connectivity index (χ0v) is 17.1. The molecule has 148 valence electrons. The van der Waals surface area contributed by atoms with E-state index in [-0.39, 0.29) is 6.09 Å². The third kappa shape index (κ3) is 4.15. The number of carbonyl (C=O) groups excluding carboxylic acids is 1. The first-order chi connectivity index (χ1) is 12.8. The fraction of sp³-hybridized carbons (Fsp3) is 0.750. The molecule has 27 heavy (non-hydrogen) atoms. The molecule has 3 aliphatic rings. The normalized spacial score (nSPS) is 28.0. The molecule has 2 aliphatic carbocycles. The molecule has 2 heterocycles. The van der Waals surface area contributed by atoms with Gasteiger partial charge in [0.15, 0.2) is 11.0 Å². The fourth-order valence-corrected chi connectivity index (χ4v) is 4.77. The third-order valence-electron chi connectivity index (χ3n) is 6.08. The zero-order chi connectivity index (χ0) is 19.2. The van der Waals surface area contributed by atoms with Crippen LogP contribution in [-0.2, 0) is 4.74 Å². The van der Waals surface area contributed by atoms with Crippen LogP contribution in [0.1, 0.15) is 64.4 Å². The van der Waals surface area contributed by atoms with Gasteiger partial charge in [-0.15, -0.1) is 10.2 Å². The van der Waals surface area contributed by atoms with Gasteiger partial charge in [-0.1, -0.05) is 18.0 Å². The van der Waals surface area contributed by atoms with E-state index in [4.69, 9.17) is 16.3 Å². The number of ether oxygens (including phenoxy) is 1. The minimum atomic E-state index is -0.440. The summed E-state index contributed by atoms with van der Waals surface area (Å²) >= 11 is 6.08. The molecule has 1 aromatic heterocycles. The van der Waals surface area contributed by atoms with Crippen LogP contribution in [-0.4, -0.2) is 45.9 Å². The van der Waals surface area contributed by atoms with Crippen molar-refractivity contribution in [2.24, 2.45) is 11.8 Å². The summed E-state index contributed by atoms with van der Waals surface area (Å²) in [5, 5.41) is 12.5. The Hall–Kier alpha value is -1.56. The first-order valence-electron chi connectivity index (χ1n) is 10.1. The van der Waals surface area contributed by atoms with Crippen molar-refractivity contribution in [1.29, 1.82) is 0 Å². The van der Waals surface area contributed by atoms with Crippen molar-refractivity contribution in [3.63, 3.8) is 0 Å². The van der Waals surface area contributed by atoms with Crippen LogP contribution in [0.3, 0.4) is 0 Å². The quantitative estimate of drug-likeness (QED) is 0.822. The van der Waals surface area contributed by atoms with E-state index < -0.39 is 5.60 Å². The molecule has 0 spiro atoms. The lowest BCUT2D eigenvalue weighted by Crippen LogP contribution is -2.36. The smallest absolute Gasteiger partial charge is 0.410 e. The van der Waals surface area contributed by atoms with Gasteiger partial charge in [0.25, 0.3) is 0 Å². The van der Waals surface area contributed by atoms with E-state index in [9.17, 15) is 4.79 Å². The lowest BCUT2D eigenvalue weighted by molar-refractivity contribution is 0.0280. The molecular formula is C20H29ClN4O2. The second-order valence-electron chi connectivity index (χ2n) is 9.32. The van der Waals surface area contributed by atoms with Crippen molar-refractivity contribution in [1.82, 2.24) is 15.1 Å². The standard InChI is InChI=1S/C20H29ClN4O2/c1-20(2,3)27-19(26)25-10-13-7-15(8-14(13)11-25)22-18-16(12-5-4-6-12)9-17(21)23-24-18/h9,12-15H,4-8,10-11H2,1-3H3,(H,22,24)/t13-,14+,15?. The molecular weight excluding hydrogens is 364 g/mol. The number of anilines is 1. The molecule has 1 aromatic rings. The molecule has 0 aromatic carbocycles. The zero-order valence-electron chi connectivity index (χ0n) is 16.4. The van der Waals surface area contributed by atoms with Crippen molar-refractivity contribution in [3.8, 4) is 0 Å². The molecule has 1 unspecified atom stereocenters. The molecule has 1 aliphatic heterocycles. The number of carbonyl (C=O) groups is 1. The van der Waals surface area contributed by atoms with Crippen LogP contribution in [0.5, 0.6) is 0 Å². The maximum atomic E-state index is 12.3. The van der Waals surface area contributed by atoms with Crippen LogP contribution >= 0.6 is 11.6 Å². The van der Waals surface area contributed by atoms with Crippen LogP contribution in [0.25, 0.3) is 0 Å². The number of nitrogens with zero attached hydrogens (tertiary/aromatic N) is 3. The monoisotopic (exact) mass is 392 g/mol. The minimum absolute atomic E-state index is 0.183. The molecule has 0 bridgehead atoms. The summed E-state index contributed by atoms with van der Waals surface area (Å²) in [5.74, 6) is 2.52. The van der Waals surface area contributed by atoms with Gasteiger partial charge in [0.1, 0.15) is 5.60 Å². The predicted molar refractivity (Wildman–Crippen MR) is 105 cm³/mol. The van der Waals surface area contributed by atoms with Gasteiger partial charge in [0, 0.05) is 24.7 Å². The number of hydrogen-bond acceptors (Lipinski definition) is 5. The molecule has 1 amide bonds. The largest absolute Gasteiger partial charge is 0.444 e. The third-order valence-corrected chi connectivity index (χ3v) is 6.27. The average molecular weight is 393 g/mol. The van der Waals surface area contributed by atoms with E-state index >= 15 is 0 Å². The topological polar surface area (TPSA) is 67.3 Å². The maximum Gasteiger partial charge on any atom is 0.410 e. The van der Waals surface area contributed by atoms with Gasteiger partial charge in [0.05, 0.1) is 0 Å². The van der Waals surface area contributed by atoms with E-state index in [1.54, 1.807) is 0 Å². The van der Waals surface area contributed by atoms with Gasteiger partial charge < -0.3 is 15.0 Å². The average Bonchev–Trinajstić information content (AvgIpc) is 3.05. The summed E-state index contributed by atoms with van der Waals surface area (Å²) in [5.41, 5.74) is 0.776. The molecule has 1 saturated heterocycles. The molecule has 1 N–H and O–H groups in total. The summed E-state index contributed by atoms with van der Waals surface area (Å²) in [6.45, 7) is 7.32. The summed E-state index contributed by atoms with van der Waals surface area (Å²) in [6.07, 6.45) is 5.61. The summed E-state index contributed by atoms with van der Waals surface area (Å²) in [4.78, 5) is 14.2. The SMILES string of the molecule is CC(C)(C)OC(=O)N1C[C@H]2CC(Nc3nnc(Cl)cc3C3CCC3)C[C@H]2C1. The number of halogens is 1. The highest BCUT2D eigenvalue weighted by Crippen LogP contribution is 2.42. The predicted octanol–water partition coefficient (Wildman–Crippen LogP) is 4.45. The van der Waals surface area contributed by atoms with Crippen molar-refractivity contribution < 1.29 is 9.53 Å². The van der Waals surface area contributed by atoms with Gasteiger partial charge in [-0.2, -0.15) is 0 Å². The van der Waals surface area contributed by atoms with Gasteiger partial charge in [0.2, 0.25) is 0 Å². The Morgan fingerprint density at radius 1 is 1.22 bits per heavy atom. The maximum absolute atomic E-state index is 12.3. The Kier molecular flexibility index (Phi) is 4.95. The van der Waals surface area contributed by atoms with Crippen LogP contribution < -0.4 is 5.32 Å². The second kappa shape index (κ2) is 7.12. The first-order valence-corrected chi connectivity index (χ1v) is 10.4. The van der Waals surface area contributed by atoms with E-state index in [0.717, 1.165) is 31.7 Å². The Morgan fingerprint density at radius 2 is 1.89 bits per heavy atom. The molecule has 3 atom stereocenters. The Morgan fingerprint density at radius 3 is 2.44 bits per heavy atom. The van der Waals surface area contributed by atoms with Gasteiger partial charge in [-0.3, -0.25) is 0 Å². The number of aromatic nitrogens is 2. The lowest BCUT2D eigenvalue weighted by atomic mass is 9.80. The number of nitrogens with one attached hydrogen (secondary N) is 1. The summed E-state index contributed by atoms with van der Waals surface area (Å²) in [7, 11) is 0. The van der Waals surface area contributed by atoms with Crippen molar-refractivity contribution >= 4 is 23.5 Å². The lowest BCUT2D eigenvalue weighted by Gasteiger charge is -2.28. The van der Waals surface area contributed by atoms with Crippen molar-refractivity contribution in [2.75, 3.05) is 18.4 Å². The fourth-order valence-electron chi connectivity index (χ4n) is 4.61. The van der Waals surface area contributed by atoms with Gasteiger partial charge in [-0.25, -0.2) is 4.79 Å². The van der Waals surface area contributed by atoms with E-state index in [1.807, 2.05) is 31.7 Å². The molecule has 0 radical (unpaired) electrons. The molecule has 4 rings (SSSR count). The Bertz CT molecular complexity index is 702. The second-order valence-corrected chi connectivity index (χ2v) is 9.70. The minimum Gasteiger partial charge on any atom is -0.444 e. The van der Waals surface area contributed by atoms with Crippen LogP contribution in [0, 0.1) is 11.8 Å².